The zero-order chi connectivity index (χ0) is 12.3. The molecule has 0 heterocycles. The average molecular weight is 266 g/mol. The van der Waals surface area contributed by atoms with E-state index < -0.39 is 0 Å². The number of nitrogens with zero attached hydrogens (tertiary/aromatic N) is 1. The smallest absolute Gasteiger partial charge is 0.107 e. The summed E-state index contributed by atoms with van der Waals surface area (Å²) >= 11 is 7.66. The van der Waals surface area contributed by atoms with Crippen molar-refractivity contribution in [2.45, 2.75) is 42.2 Å². The fourth-order valence-corrected chi connectivity index (χ4v) is 3.75. The maximum atomic E-state index is 9.45. The van der Waals surface area contributed by atoms with Crippen LogP contribution < -0.4 is 0 Å². The number of hydrogen-bond donors (Lipinski definition) is 0. The van der Waals surface area contributed by atoms with Crippen molar-refractivity contribution in [3.8, 4) is 6.07 Å². The molecule has 0 atom stereocenters. The Kier molecular flexibility index (Phi) is 4.01. The largest absolute Gasteiger partial charge is 0.197 e. The predicted octanol–water partition coefficient (Wildman–Crippen LogP) is 4.90. The molecule has 0 bridgehead atoms. The Balaban J connectivity index is 2.13. The van der Waals surface area contributed by atoms with Gasteiger partial charge >= 0.3 is 0 Å². The van der Waals surface area contributed by atoms with Gasteiger partial charge in [0.1, 0.15) is 4.75 Å². The van der Waals surface area contributed by atoms with Crippen LogP contribution in [0.3, 0.4) is 0 Å². The van der Waals surface area contributed by atoms with Crippen molar-refractivity contribution in [2.24, 2.45) is 5.92 Å². The fourth-order valence-electron chi connectivity index (χ4n) is 2.22. The fraction of sp³-hybridized carbons (Fsp3) is 0.500. The van der Waals surface area contributed by atoms with Crippen LogP contribution in [0, 0.1) is 17.2 Å². The summed E-state index contributed by atoms with van der Waals surface area (Å²) in [6.07, 6.45) is 4.28. The SMILES string of the molecule is CC1CCC(C#N)(Sc2cccc(Cl)c2)CC1. The molecule has 0 aromatic heterocycles. The van der Waals surface area contributed by atoms with Crippen molar-refractivity contribution in [3.63, 3.8) is 0 Å². The molecule has 1 nitrogen and oxygen atoms in total. The number of thioether (sulfide) groups is 1. The number of rotatable bonds is 2. The lowest BCUT2D eigenvalue weighted by Gasteiger charge is -2.33. The molecule has 0 spiro atoms. The summed E-state index contributed by atoms with van der Waals surface area (Å²) in [5.74, 6) is 0.761. The highest BCUT2D eigenvalue weighted by atomic mass is 35.5. The molecule has 90 valence electrons. The van der Waals surface area contributed by atoms with Gasteiger partial charge in [0.05, 0.1) is 6.07 Å². The molecule has 0 aliphatic heterocycles. The van der Waals surface area contributed by atoms with E-state index >= 15 is 0 Å². The van der Waals surface area contributed by atoms with Crippen molar-refractivity contribution < 1.29 is 0 Å². The van der Waals surface area contributed by atoms with Gasteiger partial charge in [-0.2, -0.15) is 5.26 Å². The Morgan fingerprint density at radius 3 is 2.71 bits per heavy atom. The number of halogens is 1. The molecular formula is C14H16ClNS. The van der Waals surface area contributed by atoms with E-state index in [2.05, 4.69) is 13.0 Å². The number of nitriles is 1. The van der Waals surface area contributed by atoms with Crippen LogP contribution in [0.15, 0.2) is 29.2 Å². The molecule has 1 aromatic rings. The second-order valence-corrected chi connectivity index (χ2v) is 6.74. The summed E-state index contributed by atoms with van der Waals surface area (Å²) in [6, 6.07) is 10.3. The van der Waals surface area contributed by atoms with Gasteiger partial charge in [0.25, 0.3) is 0 Å². The quantitative estimate of drug-likeness (QED) is 0.759. The van der Waals surface area contributed by atoms with Crippen molar-refractivity contribution in [1.82, 2.24) is 0 Å². The highest BCUT2D eigenvalue weighted by Gasteiger charge is 2.35. The highest BCUT2D eigenvalue weighted by molar-refractivity contribution is 8.01. The normalized spacial score (nSPS) is 28.6. The Labute approximate surface area is 112 Å². The Hall–Kier alpha value is -0.650. The van der Waals surface area contributed by atoms with Crippen LogP contribution in [0.4, 0.5) is 0 Å². The van der Waals surface area contributed by atoms with Crippen molar-refractivity contribution >= 4 is 23.4 Å². The van der Waals surface area contributed by atoms with Crippen LogP contribution in [0.5, 0.6) is 0 Å². The van der Waals surface area contributed by atoms with Crippen LogP contribution >= 0.6 is 23.4 Å². The Morgan fingerprint density at radius 1 is 1.41 bits per heavy atom. The van der Waals surface area contributed by atoms with E-state index in [9.17, 15) is 5.26 Å². The Bertz CT molecular complexity index is 430. The third-order valence-corrected chi connectivity index (χ3v) is 5.01. The molecule has 0 radical (unpaired) electrons. The van der Waals surface area contributed by atoms with Crippen LogP contribution in [0.1, 0.15) is 32.6 Å². The maximum absolute atomic E-state index is 9.45. The van der Waals surface area contributed by atoms with Crippen molar-refractivity contribution in [3.05, 3.63) is 29.3 Å². The minimum atomic E-state index is -0.239. The van der Waals surface area contributed by atoms with Gasteiger partial charge in [-0.05, 0) is 49.8 Å². The molecule has 1 aliphatic rings. The summed E-state index contributed by atoms with van der Waals surface area (Å²) in [4.78, 5) is 1.11. The minimum absolute atomic E-state index is 0.239. The monoisotopic (exact) mass is 265 g/mol. The molecule has 1 aliphatic carbocycles. The van der Waals surface area contributed by atoms with E-state index in [1.54, 1.807) is 11.8 Å². The van der Waals surface area contributed by atoms with Gasteiger partial charge in [-0.15, -0.1) is 11.8 Å². The topological polar surface area (TPSA) is 23.8 Å². The molecule has 1 fully saturated rings. The second kappa shape index (κ2) is 5.33. The van der Waals surface area contributed by atoms with E-state index in [4.69, 9.17) is 11.6 Å². The Morgan fingerprint density at radius 2 is 2.12 bits per heavy atom. The van der Waals surface area contributed by atoms with E-state index in [0.717, 1.165) is 41.5 Å². The van der Waals surface area contributed by atoms with Crippen LogP contribution in [-0.4, -0.2) is 4.75 Å². The maximum Gasteiger partial charge on any atom is 0.107 e. The summed E-state index contributed by atoms with van der Waals surface area (Å²) in [5.41, 5.74) is 0. The zero-order valence-corrected chi connectivity index (χ0v) is 11.5. The van der Waals surface area contributed by atoms with Crippen LogP contribution in [0.25, 0.3) is 0 Å². The van der Waals surface area contributed by atoms with Gasteiger partial charge in [-0.1, -0.05) is 24.6 Å². The molecule has 0 N–H and O–H groups in total. The van der Waals surface area contributed by atoms with Crippen LogP contribution in [-0.2, 0) is 0 Å². The first-order valence-corrected chi connectivity index (χ1v) is 7.19. The highest BCUT2D eigenvalue weighted by Crippen LogP contribution is 2.45. The summed E-state index contributed by atoms with van der Waals surface area (Å²) in [6.45, 7) is 2.27. The zero-order valence-electron chi connectivity index (χ0n) is 9.95. The van der Waals surface area contributed by atoms with Crippen molar-refractivity contribution in [1.29, 1.82) is 5.26 Å². The van der Waals surface area contributed by atoms with Crippen molar-refractivity contribution in [2.75, 3.05) is 0 Å². The van der Waals surface area contributed by atoms with Gasteiger partial charge in [0.2, 0.25) is 0 Å². The molecule has 0 saturated heterocycles. The summed E-state index contributed by atoms with van der Waals surface area (Å²) in [5, 5.41) is 10.2. The minimum Gasteiger partial charge on any atom is -0.197 e. The van der Waals surface area contributed by atoms with Gasteiger partial charge in [0.15, 0.2) is 0 Å². The third kappa shape index (κ3) is 3.18. The van der Waals surface area contributed by atoms with Gasteiger partial charge < -0.3 is 0 Å². The molecular weight excluding hydrogens is 250 g/mol. The first-order valence-electron chi connectivity index (χ1n) is 5.99. The molecule has 0 amide bonds. The van der Waals surface area contributed by atoms with Gasteiger partial charge in [-0.25, -0.2) is 0 Å². The first-order chi connectivity index (χ1) is 8.13. The lowest BCUT2D eigenvalue weighted by atomic mass is 9.83. The predicted molar refractivity (Wildman–Crippen MR) is 73.3 cm³/mol. The molecule has 1 saturated carbocycles. The molecule has 3 heteroatoms. The lowest BCUT2D eigenvalue weighted by Crippen LogP contribution is -2.28. The van der Waals surface area contributed by atoms with Gasteiger partial charge in [-0.3, -0.25) is 0 Å². The summed E-state index contributed by atoms with van der Waals surface area (Å²) in [7, 11) is 0. The van der Waals surface area contributed by atoms with Crippen LogP contribution in [0.2, 0.25) is 5.02 Å². The van der Waals surface area contributed by atoms with Gasteiger partial charge in [0, 0.05) is 9.92 Å². The molecule has 0 unspecified atom stereocenters. The molecule has 1 aromatic carbocycles. The molecule has 2 rings (SSSR count). The first kappa shape index (κ1) is 12.8. The average Bonchev–Trinajstić information content (AvgIpc) is 2.33. The standard InChI is InChI=1S/C14H16ClNS/c1-11-5-7-14(10-16,8-6-11)17-13-4-2-3-12(15)9-13/h2-4,9,11H,5-8H2,1H3. The third-order valence-electron chi connectivity index (χ3n) is 3.40. The molecule has 17 heavy (non-hydrogen) atoms. The van der Waals surface area contributed by atoms with E-state index in [1.807, 2.05) is 24.3 Å². The van der Waals surface area contributed by atoms with E-state index in [-0.39, 0.29) is 4.75 Å². The second-order valence-electron chi connectivity index (χ2n) is 4.85. The summed E-state index contributed by atoms with van der Waals surface area (Å²) < 4.78 is -0.239. The van der Waals surface area contributed by atoms with E-state index in [0.29, 0.717) is 0 Å². The van der Waals surface area contributed by atoms with E-state index in [1.165, 1.54) is 0 Å². The number of hydrogen-bond acceptors (Lipinski definition) is 2. The number of benzene rings is 1. The lowest BCUT2D eigenvalue weighted by molar-refractivity contribution is 0.358.